The Morgan fingerprint density at radius 1 is 1.31 bits per heavy atom. The van der Waals surface area contributed by atoms with Crippen LogP contribution in [0.1, 0.15) is 38.3 Å². The Morgan fingerprint density at radius 3 is 2.50 bits per heavy atom. The van der Waals surface area contributed by atoms with Crippen LogP contribution in [-0.4, -0.2) is 59.1 Å². The maximum Gasteiger partial charge on any atom is 0.317 e. The molecule has 0 bridgehead atoms. The molecule has 0 aromatic heterocycles. The van der Waals surface area contributed by atoms with Gasteiger partial charge in [0.2, 0.25) is 0 Å². The van der Waals surface area contributed by atoms with E-state index in [1.807, 2.05) is 11.8 Å². The molecule has 0 saturated heterocycles. The molecule has 1 saturated carbocycles. The maximum atomic E-state index is 13.4. The topological polar surface area (TPSA) is 72.9 Å². The predicted molar refractivity (Wildman–Crippen MR) is 92.8 cm³/mol. The molecular formula is C18H25F2N3O3. The van der Waals surface area contributed by atoms with Gasteiger partial charge in [-0.15, -0.1) is 0 Å². The summed E-state index contributed by atoms with van der Waals surface area (Å²) >= 11 is 0. The minimum atomic E-state index is -0.942. The minimum absolute atomic E-state index is 0.00506. The van der Waals surface area contributed by atoms with Gasteiger partial charge in [0.1, 0.15) is 0 Å². The third kappa shape index (κ3) is 4.69. The Balaban J connectivity index is 1.86. The number of aliphatic carboxylic acids is 1. The monoisotopic (exact) mass is 369 g/mol. The van der Waals surface area contributed by atoms with Crippen LogP contribution in [0.2, 0.25) is 0 Å². The highest BCUT2D eigenvalue weighted by molar-refractivity contribution is 5.75. The van der Waals surface area contributed by atoms with Crippen molar-refractivity contribution in [3.05, 3.63) is 35.4 Å². The molecule has 1 aromatic rings. The highest BCUT2D eigenvalue weighted by atomic mass is 19.2. The normalized spacial score (nSPS) is 20.4. The van der Waals surface area contributed by atoms with Crippen molar-refractivity contribution in [3.63, 3.8) is 0 Å². The van der Waals surface area contributed by atoms with Gasteiger partial charge in [-0.2, -0.15) is 0 Å². The van der Waals surface area contributed by atoms with Gasteiger partial charge in [0.15, 0.2) is 11.6 Å². The number of halogens is 2. The Hall–Kier alpha value is -2.22. The number of nitrogens with zero attached hydrogens (tertiary/aromatic N) is 2. The van der Waals surface area contributed by atoms with Crippen molar-refractivity contribution >= 4 is 12.0 Å². The van der Waals surface area contributed by atoms with Crippen molar-refractivity contribution in [3.8, 4) is 0 Å². The largest absolute Gasteiger partial charge is 0.480 e. The number of carboxylic acids is 1. The minimum Gasteiger partial charge on any atom is -0.480 e. The van der Waals surface area contributed by atoms with Crippen molar-refractivity contribution in [2.75, 3.05) is 20.1 Å². The second-order valence-corrected chi connectivity index (χ2v) is 6.69. The number of likely N-dealkylation sites (N-methyl/N-ethyl adjacent to an activating group) is 1. The van der Waals surface area contributed by atoms with E-state index in [2.05, 4.69) is 5.32 Å². The fraction of sp³-hybridized carbons (Fsp3) is 0.556. The first kappa shape index (κ1) is 20.1. The summed E-state index contributed by atoms with van der Waals surface area (Å²) in [5.41, 5.74) is 0.506. The molecule has 1 aliphatic carbocycles. The lowest BCUT2D eigenvalue weighted by Gasteiger charge is -2.43. The summed E-state index contributed by atoms with van der Waals surface area (Å²) in [4.78, 5) is 26.5. The van der Waals surface area contributed by atoms with Gasteiger partial charge >= 0.3 is 12.0 Å². The lowest BCUT2D eigenvalue weighted by molar-refractivity contribution is -0.139. The van der Waals surface area contributed by atoms with Crippen LogP contribution in [0.15, 0.2) is 18.2 Å². The molecule has 144 valence electrons. The van der Waals surface area contributed by atoms with Gasteiger partial charge in [-0.25, -0.2) is 13.6 Å². The van der Waals surface area contributed by atoms with Gasteiger partial charge in [0.25, 0.3) is 0 Å². The number of carbonyl (C=O) groups is 2. The van der Waals surface area contributed by atoms with Crippen molar-refractivity contribution in [2.45, 2.75) is 44.8 Å². The van der Waals surface area contributed by atoms with E-state index >= 15 is 0 Å². The maximum absolute atomic E-state index is 13.4. The van der Waals surface area contributed by atoms with Crippen LogP contribution in [0.25, 0.3) is 0 Å². The molecule has 8 heteroatoms. The number of carbonyl (C=O) groups excluding carboxylic acids is 1. The van der Waals surface area contributed by atoms with Crippen molar-refractivity contribution < 1.29 is 23.5 Å². The standard InChI is InChI=1S/C18H25F2N3O3/c1-4-23(10-17(24)25)14-8-13(9-14)21-18(26)22(3)11(2)12-5-6-15(19)16(20)7-12/h5-7,11,13-14H,4,8-10H2,1-3H3,(H,21,26)(H,24,25). The van der Waals surface area contributed by atoms with Gasteiger partial charge in [-0.1, -0.05) is 13.0 Å². The molecule has 1 atom stereocenters. The van der Waals surface area contributed by atoms with Gasteiger partial charge in [0, 0.05) is 19.1 Å². The van der Waals surface area contributed by atoms with Crippen molar-refractivity contribution in [2.24, 2.45) is 0 Å². The molecule has 0 aliphatic heterocycles. The Kier molecular flexibility index (Phi) is 6.52. The Morgan fingerprint density at radius 2 is 1.96 bits per heavy atom. The van der Waals surface area contributed by atoms with E-state index in [0.717, 1.165) is 12.1 Å². The molecule has 2 amide bonds. The fourth-order valence-electron chi connectivity index (χ4n) is 3.12. The Labute approximate surface area is 151 Å². The van der Waals surface area contributed by atoms with E-state index in [-0.39, 0.29) is 24.7 Å². The molecule has 0 spiro atoms. The lowest BCUT2D eigenvalue weighted by Crippen LogP contribution is -2.56. The number of urea groups is 1. The molecule has 1 unspecified atom stereocenters. The van der Waals surface area contributed by atoms with Crippen molar-refractivity contribution in [1.29, 1.82) is 0 Å². The molecule has 2 N–H and O–H groups in total. The second kappa shape index (κ2) is 8.44. The van der Waals surface area contributed by atoms with Crippen LogP contribution in [0.5, 0.6) is 0 Å². The zero-order valence-electron chi connectivity index (χ0n) is 15.2. The first-order valence-electron chi connectivity index (χ1n) is 8.67. The van der Waals surface area contributed by atoms with Crippen LogP contribution in [0.4, 0.5) is 13.6 Å². The third-order valence-electron chi connectivity index (χ3n) is 5.03. The molecule has 1 aliphatic rings. The second-order valence-electron chi connectivity index (χ2n) is 6.69. The van der Waals surface area contributed by atoms with Crippen LogP contribution in [0, 0.1) is 11.6 Å². The van der Waals surface area contributed by atoms with Crippen LogP contribution >= 0.6 is 0 Å². The zero-order chi connectivity index (χ0) is 19.4. The summed E-state index contributed by atoms with van der Waals surface area (Å²) < 4.78 is 26.4. The van der Waals surface area contributed by atoms with E-state index in [4.69, 9.17) is 5.11 Å². The van der Waals surface area contributed by atoms with Gasteiger partial charge in [0.05, 0.1) is 12.6 Å². The summed E-state index contributed by atoms with van der Waals surface area (Å²) in [6.45, 7) is 4.28. The highest BCUT2D eigenvalue weighted by Gasteiger charge is 2.35. The zero-order valence-corrected chi connectivity index (χ0v) is 15.2. The van der Waals surface area contributed by atoms with E-state index < -0.39 is 23.6 Å². The number of amides is 2. The summed E-state index contributed by atoms with van der Waals surface area (Å²) in [5, 5.41) is 11.8. The third-order valence-corrected chi connectivity index (χ3v) is 5.03. The molecule has 0 radical (unpaired) electrons. The molecule has 2 rings (SSSR count). The summed E-state index contributed by atoms with van der Waals surface area (Å²) in [6, 6.07) is 3.01. The molecule has 1 aromatic carbocycles. The van der Waals surface area contributed by atoms with Crippen LogP contribution < -0.4 is 5.32 Å². The summed E-state index contributed by atoms with van der Waals surface area (Å²) in [6.07, 6.45) is 1.39. The van der Waals surface area contributed by atoms with E-state index in [9.17, 15) is 18.4 Å². The van der Waals surface area contributed by atoms with Crippen molar-refractivity contribution in [1.82, 2.24) is 15.1 Å². The smallest absolute Gasteiger partial charge is 0.317 e. The number of nitrogens with one attached hydrogen (secondary N) is 1. The van der Waals surface area contributed by atoms with Crippen LogP contribution in [0.3, 0.4) is 0 Å². The molecule has 0 heterocycles. The average molecular weight is 369 g/mol. The lowest BCUT2D eigenvalue weighted by atomic mass is 9.85. The number of hydrogen-bond donors (Lipinski definition) is 2. The average Bonchev–Trinajstić information content (AvgIpc) is 2.56. The molecule has 26 heavy (non-hydrogen) atoms. The van der Waals surface area contributed by atoms with Gasteiger partial charge in [-0.3, -0.25) is 9.69 Å². The number of benzene rings is 1. The van der Waals surface area contributed by atoms with Gasteiger partial charge in [-0.05, 0) is 44.0 Å². The first-order valence-corrected chi connectivity index (χ1v) is 8.67. The SMILES string of the molecule is CCN(CC(=O)O)C1CC(NC(=O)N(C)C(C)c2ccc(F)c(F)c2)C1. The van der Waals surface area contributed by atoms with Crippen LogP contribution in [-0.2, 0) is 4.79 Å². The van der Waals surface area contributed by atoms with E-state index in [1.165, 1.54) is 11.0 Å². The Bertz CT molecular complexity index is 665. The quantitative estimate of drug-likeness (QED) is 0.775. The molecule has 1 fully saturated rings. The number of hydrogen-bond acceptors (Lipinski definition) is 3. The number of carboxylic acid groups (broad SMARTS) is 1. The first-order chi connectivity index (χ1) is 12.2. The summed E-state index contributed by atoms with van der Waals surface area (Å²) in [5.74, 6) is -2.72. The highest BCUT2D eigenvalue weighted by Crippen LogP contribution is 2.27. The fourth-order valence-corrected chi connectivity index (χ4v) is 3.12. The van der Waals surface area contributed by atoms with E-state index in [0.29, 0.717) is 24.9 Å². The summed E-state index contributed by atoms with van der Waals surface area (Å²) in [7, 11) is 1.60. The molecular weight excluding hydrogens is 344 g/mol. The molecule has 6 nitrogen and oxygen atoms in total. The number of rotatable bonds is 7. The predicted octanol–water partition coefficient (Wildman–Crippen LogP) is 2.60. The van der Waals surface area contributed by atoms with E-state index in [1.54, 1.807) is 14.0 Å². The van der Waals surface area contributed by atoms with Gasteiger partial charge < -0.3 is 15.3 Å².